The van der Waals surface area contributed by atoms with E-state index in [9.17, 15) is 18.0 Å². The van der Waals surface area contributed by atoms with Crippen molar-refractivity contribution < 1.29 is 18.0 Å². The topological polar surface area (TPSA) is 83.6 Å². The largest absolute Gasteiger partial charge is 0.351 e. The molecule has 0 unspecified atom stereocenters. The van der Waals surface area contributed by atoms with Crippen molar-refractivity contribution in [3.05, 3.63) is 39.8 Å². The molecule has 2 fully saturated rings. The smallest absolute Gasteiger partial charge is 0.266 e. The van der Waals surface area contributed by atoms with Crippen LogP contribution in [0.3, 0.4) is 0 Å². The van der Waals surface area contributed by atoms with Crippen LogP contribution in [-0.4, -0.2) is 53.5 Å². The Balaban J connectivity index is 1.63. The minimum absolute atomic E-state index is 0.0619. The van der Waals surface area contributed by atoms with Gasteiger partial charge in [-0.05, 0) is 30.2 Å². The van der Waals surface area contributed by atoms with Crippen molar-refractivity contribution >= 4 is 67.6 Å². The molecule has 138 valence electrons. The number of sulfone groups is 1. The second-order valence-corrected chi connectivity index (χ2v) is 10.3. The molecule has 6 nitrogen and oxygen atoms in total. The number of rotatable bonds is 4. The maximum atomic E-state index is 12.5. The number of nitrogens with zero attached hydrogens (tertiary/aromatic N) is 1. The molecule has 0 saturated carbocycles. The molecule has 3 rings (SSSR count). The van der Waals surface area contributed by atoms with E-state index in [1.165, 1.54) is 4.90 Å². The molecule has 2 aliphatic rings. The molecule has 2 amide bonds. The van der Waals surface area contributed by atoms with Gasteiger partial charge in [-0.15, -0.1) is 0 Å². The van der Waals surface area contributed by atoms with Gasteiger partial charge in [-0.2, -0.15) is 0 Å². The molecule has 1 aromatic rings. The van der Waals surface area contributed by atoms with E-state index in [4.69, 9.17) is 23.8 Å². The van der Waals surface area contributed by atoms with Crippen LogP contribution in [0.1, 0.15) is 12.0 Å². The second-order valence-electron chi connectivity index (χ2n) is 5.99. The fourth-order valence-corrected chi connectivity index (χ4v) is 5.73. The van der Waals surface area contributed by atoms with Gasteiger partial charge in [0.2, 0.25) is 5.91 Å². The van der Waals surface area contributed by atoms with Gasteiger partial charge in [-0.1, -0.05) is 47.7 Å². The number of carbonyl (C=O) groups excluding carboxylic acids is 2. The zero-order valence-corrected chi connectivity index (χ0v) is 16.7. The van der Waals surface area contributed by atoms with Crippen LogP contribution >= 0.6 is 35.6 Å². The third kappa shape index (κ3) is 4.64. The highest BCUT2D eigenvalue weighted by molar-refractivity contribution is 8.26. The Morgan fingerprint density at radius 3 is 2.69 bits per heavy atom. The van der Waals surface area contributed by atoms with Crippen LogP contribution in [0.4, 0.5) is 0 Å². The first-order valence-electron chi connectivity index (χ1n) is 7.74. The van der Waals surface area contributed by atoms with Gasteiger partial charge in [0.15, 0.2) is 9.84 Å². The van der Waals surface area contributed by atoms with E-state index in [0.29, 0.717) is 20.7 Å². The van der Waals surface area contributed by atoms with Gasteiger partial charge in [0.25, 0.3) is 5.91 Å². The average molecular weight is 431 g/mol. The number of thioether (sulfide) groups is 1. The van der Waals surface area contributed by atoms with Gasteiger partial charge >= 0.3 is 0 Å². The minimum Gasteiger partial charge on any atom is -0.351 e. The van der Waals surface area contributed by atoms with Crippen LogP contribution in [0.2, 0.25) is 5.02 Å². The van der Waals surface area contributed by atoms with E-state index < -0.39 is 21.8 Å². The molecule has 0 aromatic heterocycles. The lowest BCUT2D eigenvalue weighted by atomic mass is 10.2. The number of halogens is 1. The van der Waals surface area contributed by atoms with Crippen LogP contribution in [-0.2, 0) is 19.4 Å². The highest BCUT2D eigenvalue weighted by atomic mass is 35.5. The number of hydrogen-bond donors (Lipinski definition) is 1. The maximum Gasteiger partial charge on any atom is 0.266 e. The summed E-state index contributed by atoms with van der Waals surface area (Å²) in [6.07, 6.45) is 2.08. The quantitative estimate of drug-likeness (QED) is 0.579. The predicted molar refractivity (Wildman–Crippen MR) is 107 cm³/mol. The van der Waals surface area contributed by atoms with Gasteiger partial charge in [0.05, 0.1) is 16.4 Å². The normalized spacial score (nSPS) is 23.7. The summed E-state index contributed by atoms with van der Waals surface area (Å²) in [5, 5.41) is 3.26. The predicted octanol–water partition coefficient (Wildman–Crippen LogP) is 1.84. The summed E-state index contributed by atoms with van der Waals surface area (Å²) in [5.74, 6) is -0.753. The van der Waals surface area contributed by atoms with Gasteiger partial charge < -0.3 is 5.32 Å². The summed E-state index contributed by atoms with van der Waals surface area (Å²) >= 11 is 12.2. The first kappa shape index (κ1) is 19.3. The molecule has 0 spiro atoms. The van der Waals surface area contributed by atoms with E-state index in [1.807, 2.05) is 0 Å². The molecule has 0 aliphatic carbocycles. The highest BCUT2D eigenvalue weighted by Crippen LogP contribution is 2.32. The third-order valence-corrected chi connectivity index (χ3v) is 7.34. The Morgan fingerprint density at radius 1 is 1.38 bits per heavy atom. The lowest BCUT2D eigenvalue weighted by Crippen LogP contribution is -2.43. The van der Waals surface area contributed by atoms with Crippen molar-refractivity contribution in [1.29, 1.82) is 0 Å². The molecule has 0 bridgehead atoms. The van der Waals surface area contributed by atoms with Crippen molar-refractivity contribution in [3.8, 4) is 0 Å². The summed E-state index contributed by atoms with van der Waals surface area (Å²) in [6.45, 7) is -0.223. The summed E-state index contributed by atoms with van der Waals surface area (Å²) in [4.78, 5) is 26.3. The van der Waals surface area contributed by atoms with E-state index in [0.717, 1.165) is 17.3 Å². The fraction of sp³-hybridized carbons (Fsp3) is 0.312. The first-order chi connectivity index (χ1) is 12.2. The zero-order chi connectivity index (χ0) is 18.9. The Hall–Kier alpha value is -1.42. The van der Waals surface area contributed by atoms with E-state index >= 15 is 0 Å². The lowest BCUT2D eigenvalue weighted by molar-refractivity contribution is -0.129. The summed E-state index contributed by atoms with van der Waals surface area (Å²) in [6, 6.07) is 6.59. The maximum absolute atomic E-state index is 12.5. The van der Waals surface area contributed by atoms with Crippen LogP contribution in [0.25, 0.3) is 6.08 Å². The van der Waals surface area contributed by atoms with E-state index in [1.54, 1.807) is 30.3 Å². The number of benzene rings is 1. The molecule has 1 atom stereocenters. The molecular weight excluding hydrogens is 416 g/mol. The van der Waals surface area contributed by atoms with E-state index in [2.05, 4.69) is 5.32 Å². The number of thiocarbonyl (C=S) groups is 1. The Kier molecular flexibility index (Phi) is 5.71. The molecular formula is C16H15ClN2O4S3. The van der Waals surface area contributed by atoms with Crippen molar-refractivity contribution in [3.63, 3.8) is 0 Å². The van der Waals surface area contributed by atoms with Crippen molar-refractivity contribution in [2.24, 2.45) is 0 Å². The molecule has 10 heteroatoms. The number of amides is 2. The lowest BCUT2D eigenvalue weighted by Gasteiger charge is -2.16. The molecule has 2 heterocycles. The molecule has 2 aliphatic heterocycles. The van der Waals surface area contributed by atoms with Gasteiger partial charge in [-0.3, -0.25) is 14.5 Å². The number of carbonyl (C=O) groups is 2. The Bertz CT molecular complexity index is 897. The van der Waals surface area contributed by atoms with E-state index in [-0.39, 0.29) is 24.0 Å². The van der Waals surface area contributed by atoms with Crippen molar-refractivity contribution in [2.45, 2.75) is 12.5 Å². The standard InChI is InChI=1S/C16H15ClN2O4S3/c17-11-3-1-10(2-4-11)7-13-15(21)19(16(24)25-13)8-14(20)18-12-5-6-26(22,23)9-12/h1-4,7,12H,5-6,8-9H2,(H,18,20)/b13-7-/t12-/m0/s1. The summed E-state index contributed by atoms with van der Waals surface area (Å²) < 4.78 is 23.2. The Labute approximate surface area is 165 Å². The second kappa shape index (κ2) is 7.67. The molecule has 2 saturated heterocycles. The van der Waals surface area contributed by atoms with Crippen molar-refractivity contribution in [2.75, 3.05) is 18.1 Å². The average Bonchev–Trinajstić information content (AvgIpc) is 3.03. The van der Waals surface area contributed by atoms with Crippen LogP contribution in [0, 0.1) is 0 Å². The summed E-state index contributed by atoms with van der Waals surface area (Å²) in [5.41, 5.74) is 0.801. The van der Waals surface area contributed by atoms with Crippen LogP contribution in [0.15, 0.2) is 29.2 Å². The Morgan fingerprint density at radius 2 is 2.08 bits per heavy atom. The molecule has 26 heavy (non-hydrogen) atoms. The first-order valence-corrected chi connectivity index (χ1v) is 11.2. The monoisotopic (exact) mass is 430 g/mol. The van der Waals surface area contributed by atoms with Crippen LogP contribution in [0.5, 0.6) is 0 Å². The third-order valence-electron chi connectivity index (χ3n) is 3.94. The minimum atomic E-state index is -3.08. The zero-order valence-electron chi connectivity index (χ0n) is 13.5. The van der Waals surface area contributed by atoms with Crippen LogP contribution < -0.4 is 5.32 Å². The van der Waals surface area contributed by atoms with Crippen molar-refractivity contribution in [1.82, 2.24) is 10.2 Å². The molecule has 1 aromatic carbocycles. The van der Waals surface area contributed by atoms with Gasteiger partial charge in [-0.25, -0.2) is 8.42 Å². The molecule has 1 N–H and O–H groups in total. The van der Waals surface area contributed by atoms with Gasteiger partial charge in [0.1, 0.15) is 10.9 Å². The SMILES string of the molecule is O=C(CN1C(=O)/C(=C/c2ccc(Cl)cc2)SC1=S)N[C@H]1CCS(=O)(=O)C1. The summed E-state index contributed by atoms with van der Waals surface area (Å²) in [7, 11) is -3.08. The molecule has 0 radical (unpaired) electrons. The number of hydrogen-bond acceptors (Lipinski definition) is 6. The highest BCUT2D eigenvalue weighted by Gasteiger charge is 2.35. The number of nitrogens with one attached hydrogen (secondary N) is 1. The fourth-order valence-electron chi connectivity index (χ4n) is 2.67. The van der Waals surface area contributed by atoms with Gasteiger partial charge in [0, 0.05) is 11.1 Å².